The number of alkyl carbamates (subject to hydrolysis) is 4. The van der Waals surface area contributed by atoms with Gasteiger partial charge in [0.2, 0.25) is 0 Å². The van der Waals surface area contributed by atoms with Crippen LogP contribution in [0.2, 0.25) is 0 Å². The van der Waals surface area contributed by atoms with Crippen LogP contribution >= 0.6 is 0 Å². The van der Waals surface area contributed by atoms with E-state index in [0.29, 0.717) is 0 Å². The third-order valence-electron chi connectivity index (χ3n) is 24.6. The largest absolute Gasteiger partial charge is 0.444 e. The molecule has 16 rings (SSSR count). The van der Waals surface area contributed by atoms with Crippen molar-refractivity contribution in [1.82, 2.24) is 70.9 Å². The van der Waals surface area contributed by atoms with Crippen LogP contribution in [0.25, 0.3) is 21.8 Å². The molecule has 26 nitrogen and oxygen atoms in total. The molecule has 8 bridgehead atoms. The number of amides is 4. The summed E-state index contributed by atoms with van der Waals surface area (Å²) >= 11 is 0. The summed E-state index contributed by atoms with van der Waals surface area (Å²) in [6.45, 7) is 36.8. The summed E-state index contributed by atoms with van der Waals surface area (Å²) in [6.07, 6.45) is 32.2. The summed E-state index contributed by atoms with van der Waals surface area (Å²) in [5, 5.41) is 32.7. The molecule has 8 saturated carbocycles. The average Bonchev–Trinajstić information content (AvgIpc) is 1.60. The Morgan fingerprint density at radius 3 is 1.35 bits per heavy atom. The summed E-state index contributed by atoms with van der Waals surface area (Å²) in [6, 6.07) is 6.03. The van der Waals surface area contributed by atoms with Crippen molar-refractivity contribution in [2.75, 3.05) is 19.4 Å². The summed E-state index contributed by atoms with van der Waals surface area (Å²) in [7, 11) is -3.42. The molecule has 109 heavy (non-hydrogen) atoms. The summed E-state index contributed by atoms with van der Waals surface area (Å²) in [5.74, 6) is 0. The van der Waals surface area contributed by atoms with Gasteiger partial charge >= 0.3 is 24.4 Å². The standard InChI is InChI=1S/C20H28N4O2.C20H32N4O2.C20H28N4O2.C14H25NO5S.C8H8N2/c1-14-15-11-21-10-5-16(15)23-24(14)13-19-6-8-20(12-19,9-7-19)22-17(25)26-18(2,3)4;2*1-14-15-11-21-10-5-16(15)24(23-14)13-19-6-8-20(12-19,9-7-19)22-17(25)26-18(2,3)4;1-12(2,3)20-11(16)15-14-7-5-13(9-14,6-8-14)10-19-21(4,17)18;1-6-8-5-9-3-2-7(8)4-10-6/h5,10-11H,6-9,12-13H2,1-4H3,(H,22,25);21H,5-13H2,1-4H3,(H,22,25);5,10-11H,6-9,12-13H2,1-4H3,(H,22,25);5-10H2,1-4H3,(H,15,16);2-3,5H,4H2,1H3. The molecule has 0 unspecified atom stereocenters. The lowest BCUT2D eigenvalue weighted by atomic mass is 9.84. The van der Waals surface area contributed by atoms with Gasteiger partial charge in [-0.15, -0.1) is 0 Å². The van der Waals surface area contributed by atoms with Gasteiger partial charge in [-0.1, -0.05) is 0 Å². The molecule has 27 heteroatoms. The third kappa shape index (κ3) is 19.4. The maximum atomic E-state index is 12.3. The fraction of sp³-hybridized carbons (Fsp3) is 0.695. The van der Waals surface area contributed by atoms with E-state index < -0.39 is 38.6 Å². The van der Waals surface area contributed by atoms with Crippen molar-refractivity contribution in [3.8, 4) is 0 Å². The minimum atomic E-state index is -3.42. The summed E-state index contributed by atoms with van der Waals surface area (Å²) < 4.78 is 55.7. The van der Waals surface area contributed by atoms with Gasteiger partial charge in [-0.25, -0.2) is 19.2 Å². The number of hydrogen-bond donors (Lipinski definition) is 5. The lowest BCUT2D eigenvalue weighted by Gasteiger charge is -2.30. The van der Waals surface area contributed by atoms with Gasteiger partial charge in [0.15, 0.2) is 0 Å². The predicted octanol–water partition coefficient (Wildman–Crippen LogP) is 14.6. The van der Waals surface area contributed by atoms with E-state index in [4.69, 9.17) is 38.4 Å². The van der Waals surface area contributed by atoms with Crippen LogP contribution in [0.3, 0.4) is 0 Å². The van der Waals surface area contributed by atoms with Gasteiger partial charge in [-0.3, -0.25) is 38.2 Å². The fourth-order valence-corrected chi connectivity index (χ4v) is 20.0. The Kier molecular flexibility index (Phi) is 22.3. The SMILES string of the molecule is CC(C)(C)OC(=O)NC12CCC(COS(C)(=O)=O)(CC1)C2.CC1=NCc2ccncc21.Cc1c2cnccc2nn1CC12CCC(NC(=O)OC(C)(C)C)(CC1)C2.Cc1nn(CC23CCC(NC(=O)OC(C)(C)C)(CC2)C3)c2c1CNCC2.Cc1nn(CC23CCC(NC(=O)OC(C)(C)C)(CC2)C3)c2ccncc12. The second kappa shape index (κ2) is 30.0. The lowest BCUT2D eigenvalue weighted by Crippen LogP contribution is -2.47. The molecule has 0 spiro atoms. The number of carbonyl (C=O) groups excluding carboxylic acids is 4. The molecule has 8 aliphatic carbocycles. The van der Waals surface area contributed by atoms with Gasteiger partial charge in [0.05, 0.1) is 41.8 Å². The zero-order chi connectivity index (χ0) is 78.7. The van der Waals surface area contributed by atoms with Crippen molar-refractivity contribution in [1.29, 1.82) is 0 Å². The first-order valence-corrected chi connectivity index (χ1v) is 41.3. The van der Waals surface area contributed by atoms with E-state index in [-0.39, 0.29) is 68.7 Å². The van der Waals surface area contributed by atoms with Gasteiger partial charge in [0.25, 0.3) is 10.1 Å². The van der Waals surface area contributed by atoms with E-state index in [1.165, 1.54) is 28.1 Å². The number of carbonyl (C=O) groups is 4. The number of pyridine rings is 3. The Bertz CT molecular complexity index is 4470. The number of rotatable bonds is 13. The van der Waals surface area contributed by atoms with Gasteiger partial charge in [0.1, 0.15) is 22.4 Å². The molecule has 6 aromatic heterocycles. The topological polar surface area (TPSA) is 313 Å². The van der Waals surface area contributed by atoms with E-state index >= 15 is 0 Å². The van der Waals surface area contributed by atoms with Gasteiger partial charge in [-0.2, -0.15) is 23.7 Å². The van der Waals surface area contributed by atoms with Crippen LogP contribution in [-0.2, 0) is 72.4 Å². The minimum Gasteiger partial charge on any atom is -0.444 e. The zero-order valence-electron chi connectivity index (χ0n) is 67.9. The number of nitrogens with one attached hydrogen (secondary N) is 5. The lowest BCUT2D eigenvalue weighted by molar-refractivity contribution is 0.0445. The number of aliphatic imine (C=N–C) groups is 1. The second-order valence-electron chi connectivity index (χ2n) is 38.1. The molecule has 4 amide bonds. The quantitative estimate of drug-likeness (QED) is 0.0530. The van der Waals surface area contributed by atoms with Crippen molar-refractivity contribution >= 4 is 62.0 Å². The van der Waals surface area contributed by atoms with E-state index in [9.17, 15) is 27.6 Å². The maximum absolute atomic E-state index is 12.3. The first kappa shape index (κ1) is 80.7. The number of aromatic nitrogens is 9. The van der Waals surface area contributed by atoms with E-state index in [1.54, 1.807) is 6.20 Å². The van der Waals surface area contributed by atoms with Crippen molar-refractivity contribution < 1.29 is 50.7 Å². The van der Waals surface area contributed by atoms with Crippen molar-refractivity contribution in [2.24, 2.45) is 26.7 Å². The van der Waals surface area contributed by atoms with Crippen LogP contribution < -0.4 is 26.6 Å². The predicted molar refractivity (Wildman–Crippen MR) is 418 cm³/mol. The Labute approximate surface area is 644 Å². The Hall–Kier alpha value is -7.78. The zero-order valence-corrected chi connectivity index (χ0v) is 68.7. The third-order valence-corrected chi connectivity index (χ3v) is 25.1. The summed E-state index contributed by atoms with van der Waals surface area (Å²) in [4.78, 5) is 65.6. The molecule has 0 radical (unpaired) electrons. The molecule has 6 aromatic rings. The van der Waals surface area contributed by atoms with E-state index in [1.807, 2.05) is 146 Å². The average molecular weight is 1530 g/mol. The highest BCUT2D eigenvalue weighted by atomic mass is 32.2. The smallest absolute Gasteiger partial charge is 0.408 e. The molecule has 8 heterocycles. The molecular formula is C82H121N15O11S. The number of fused-ring (bicyclic) bond motifs is 12. The van der Waals surface area contributed by atoms with Crippen LogP contribution in [0.1, 0.15) is 258 Å². The number of hydrogen-bond acceptors (Lipinski definition) is 19. The van der Waals surface area contributed by atoms with Crippen LogP contribution in [0.5, 0.6) is 0 Å². The van der Waals surface area contributed by atoms with Crippen LogP contribution in [0, 0.1) is 42.4 Å². The molecule has 2 aliphatic heterocycles. The Morgan fingerprint density at radius 2 is 0.899 bits per heavy atom. The fourth-order valence-electron chi connectivity index (χ4n) is 19.6. The highest BCUT2D eigenvalue weighted by molar-refractivity contribution is 7.86. The minimum absolute atomic E-state index is 0.0772. The maximum Gasteiger partial charge on any atom is 0.408 e. The van der Waals surface area contributed by atoms with Crippen LogP contribution in [-0.4, -0.2) is 147 Å². The molecule has 596 valence electrons. The second-order valence-corrected chi connectivity index (χ2v) is 39.7. The molecule has 0 saturated heterocycles. The van der Waals surface area contributed by atoms with Gasteiger partial charge < -0.3 is 45.5 Å². The molecule has 0 aromatic carbocycles. The van der Waals surface area contributed by atoms with E-state index in [0.717, 1.165) is 219 Å². The molecular weight excluding hydrogens is 1400 g/mol. The van der Waals surface area contributed by atoms with E-state index in [2.05, 4.69) is 74.4 Å². The van der Waals surface area contributed by atoms with Crippen molar-refractivity contribution in [3.63, 3.8) is 0 Å². The number of ether oxygens (including phenoxy) is 4. The Balaban J connectivity index is 0.000000130. The monoisotopic (exact) mass is 1520 g/mol. The Morgan fingerprint density at radius 1 is 0.495 bits per heavy atom. The normalized spacial score (nSPS) is 28.1. The highest BCUT2D eigenvalue weighted by Gasteiger charge is 2.59. The highest BCUT2D eigenvalue weighted by Crippen LogP contribution is 2.61. The molecule has 10 aliphatic rings. The molecule has 0 atom stereocenters. The summed E-state index contributed by atoms with van der Waals surface area (Å²) in [5.41, 5.74) is 10.1. The van der Waals surface area contributed by atoms with Crippen molar-refractivity contribution in [2.45, 2.75) is 323 Å². The van der Waals surface area contributed by atoms with Crippen LogP contribution in [0.4, 0.5) is 19.2 Å². The molecule has 5 N–H and O–H groups in total. The van der Waals surface area contributed by atoms with Crippen LogP contribution in [0.15, 0.2) is 60.4 Å². The number of nitrogens with zero attached hydrogens (tertiary/aromatic N) is 10. The van der Waals surface area contributed by atoms with Crippen molar-refractivity contribution in [3.05, 3.63) is 94.8 Å². The number of aryl methyl sites for hydroxylation is 3. The first-order valence-electron chi connectivity index (χ1n) is 39.5. The first-order chi connectivity index (χ1) is 50.9. The van der Waals surface area contributed by atoms with Gasteiger partial charge in [-0.05, 0) is 285 Å². The van der Waals surface area contributed by atoms with Gasteiger partial charge in [0, 0.05) is 137 Å². The molecule has 8 fully saturated rings.